The maximum atomic E-state index is 11.7. The van der Waals surface area contributed by atoms with Gasteiger partial charge in [0.05, 0.1) is 0 Å². The largest absolute Gasteiger partial charge is 0.357 e. The molecule has 26 heavy (non-hydrogen) atoms. The van der Waals surface area contributed by atoms with Crippen molar-refractivity contribution in [3.63, 3.8) is 0 Å². The van der Waals surface area contributed by atoms with Gasteiger partial charge in [-0.2, -0.15) is 0 Å². The third kappa shape index (κ3) is 8.03. The van der Waals surface area contributed by atoms with Crippen LogP contribution in [0, 0.1) is 0 Å². The van der Waals surface area contributed by atoms with Crippen molar-refractivity contribution in [1.82, 2.24) is 21.3 Å². The van der Waals surface area contributed by atoms with E-state index in [1.54, 1.807) is 13.1 Å². The zero-order valence-electron chi connectivity index (χ0n) is 15.3. The number of benzene rings is 1. The molecule has 0 spiro atoms. The van der Waals surface area contributed by atoms with Crippen LogP contribution in [0.1, 0.15) is 35.7 Å². The van der Waals surface area contributed by atoms with Crippen molar-refractivity contribution in [2.75, 3.05) is 26.7 Å². The minimum absolute atomic E-state index is 0. The van der Waals surface area contributed by atoms with Crippen LogP contribution in [0.2, 0.25) is 0 Å². The molecule has 0 aliphatic heterocycles. The van der Waals surface area contributed by atoms with E-state index in [-0.39, 0.29) is 42.3 Å². The lowest BCUT2D eigenvalue weighted by Gasteiger charge is -2.11. The molecule has 0 aromatic heterocycles. The first-order chi connectivity index (χ1) is 12.1. The molecule has 0 bridgehead atoms. The summed E-state index contributed by atoms with van der Waals surface area (Å²) < 4.78 is 0. The molecule has 4 N–H and O–H groups in total. The fraction of sp³-hybridized carbons (Fsp3) is 0.500. The molecule has 7 nitrogen and oxygen atoms in total. The van der Waals surface area contributed by atoms with Gasteiger partial charge in [0.1, 0.15) is 6.54 Å². The molecule has 2 amide bonds. The number of guanidine groups is 1. The van der Waals surface area contributed by atoms with Gasteiger partial charge in [0.25, 0.3) is 5.91 Å². The van der Waals surface area contributed by atoms with E-state index in [0.717, 1.165) is 31.4 Å². The minimum atomic E-state index is -0.0913. The van der Waals surface area contributed by atoms with Crippen molar-refractivity contribution in [3.8, 4) is 0 Å². The highest BCUT2D eigenvalue weighted by atomic mass is 127. The third-order valence-corrected chi connectivity index (χ3v) is 3.79. The van der Waals surface area contributed by atoms with E-state index in [0.29, 0.717) is 24.1 Å². The predicted octanol–water partition coefficient (Wildman–Crippen LogP) is 1.04. The van der Waals surface area contributed by atoms with Crippen molar-refractivity contribution in [1.29, 1.82) is 0 Å². The highest BCUT2D eigenvalue weighted by Crippen LogP contribution is 2.18. The summed E-state index contributed by atoms with van der Waals surface area (Å²) in [6, 6.07) is 7.89. The quantitative estimate of drug-likeness (QED) is 0.258. The van der Waals surface area contributed by atoms with Crippen molar-refractivity contribution in [2.45, 2.75) is 32.2 Å². The Hall–Kier alpha value is -1.84. The molecule has 0 unspecified atom stereocenters. The van der Waals surface area contributed by atoms with Gasteiger partial charge < -0.3 is 21.3 Å². The van der Waals surface area contributed by atoms with Gasteiger partial charge in [-0.3, -0.25) is 9.59 Å². The molecule has 0 saturated heterocycles. The standard InChI is InChI=1S/C18H27N5O2.HI/c1-3-20-18(22-12-16(24)23-15-7-8-15)21-10-9-13-5-4-6-14(11-13)17(25)19-2;/h4-6,11,15H,3,7-10,12H2,1-2H3,(H,19,25)(H,23,24)(H2,20,21,22);1H. The lowest BCUT2D eigenvalue weighted by atomic mass is 10.1. The van der Waals surface area contributed by atoms with E-state index < -0.39 is 0 Å². The third-order valence-electron chi connectivity index (χ3n) is 3.79. The number of nitrogens with zero attached hydrogens (tertiary/aromatic N) is 1. The fourth-order valence-corrected chi connectivity index (χ4v) is 2.33. The van der Waals surface area contributed by atoms with Crippen molar-refractivity contribution in [2.24, 2.45) is 4.99 Å². The second kappa shape index (κ2) is 11.7. The van der Waals surface area contributed by atoms with E-state index in [1.165, 1.54) is 0 Å². The van der Waals surface area contributed by atoms with Crippen LogP contribution in [0.3, 0.4) is 0 Å². The zero-order chi connectivity index (χ0) is 18.1. The van der Waals surface area contributed by atoms with Crippen molar-refractivity contribution < 1.29 is 9.59 Å². The van der Waals surface area contributed by atoms with Crippen LogP contribution in [0.25, 0.3) is 0 Å². The van der Waals surface area contributed by atoms with Crippen LogP contribution in [-0.2, 0) is 11.2 Å². The summed E-state index contributed by atoms with van der Waals surface area (Å²) in [5.41, 5.74) is 1.72. The normalized spacial score (nSPS) is 13.4. The first-order valence-electron chi connectivity index (χ1n) is 8.75. The minimum Gasteiger partial charge on any atom is -0.357 e. The first-order valence-corrected chi connectivity index (χ1v) is 8.75. The summed E-state index contributed by atoms with van der Waals surface area (Å²) in [6.07, 6.45) is 2.90. The van der Waals surface area contributed by atoms with Crippen LogP contribution < -0.4 is 21.3 Å². The highest BCUT2D eigenvalue weighted by Gasteiger charge is 2.22. The van der Waals surface area contributed by atoms with Gasteiger partial charge in [0.15, 0.2) is 5.96 Å². The Morgan fingerprint density at radius 3 is 2.65 bits per heavy atom. The number of halogens is 1. The molecule has 1 aromatic carbocycles. The molecule has 144 valence electrons. The Bertz CT molecular complexity index is 632. The lowest BCUT2D eigenvalue weighted by Crippen LogP contribution is -2.39. The van der Waals surface area contributed by atoms with E-state index in [9.17, 15) is 9.59 Å². The predicted molar refractivity (Wildman–Crippen MR) is 114 cm³/mol. The molecular formula is C18H28IN5O2. The topological polar surface area (TPSA) is 94.6 Å². The molecule has 1 saturated carbocycles. The Morgan fingerprint density at radius 2 is 2.00 bits per heavy atom. The SMILES string of the molecule is CCNC(=NCC(=O)NC1CC1)NCCc1cccc(C(=O)NC)c1.I. The average molecular weight is 473 g/mol. The first kappa shape index (κ1) is 22.2. The average Bonchev–Trinajstić information content (AvgIpc) is 3.43. The van der Waals surface area contributed by atoms with E-state index >= 15 is 0 Å². The van der Waals surface area contributed by atoms with Crippen LogP contribution in [0.15, 0.2) is 29.3 Å². The molecule has 2 rings (SSSR count). The number of amides is 2. The summed E-state index contributed by atoms with van der Waals surface area (Å²) in [5.74, 6) is 0.486. The summed E-state index contributed by atoms with van der Waals surface area (Å²) in [5, 5.41) is 11.9. The number of aliphatic imine (C=N–C) groups is 1. The molecule has 0 radical (unpaired) electrons. The maximum Gasteiger partial charge on any atom is 0.251 e. The Labute approximate surface area is 171 Å². The molecule has 1 aliphatic carbocycles. The van der Waals surface area contributed by atoms with E-state index in [2.05, 4.69) is 26.3 Å². The summed E-state index contributed by atoms with van der Waals surface area (Å²) in [6.45, 7) is 3.49. The van der Waals surface area contributed by atoms with Gasteiger partial charge in [0.2, 0.25) is 5.91 Å². The zero-order valence-corrected chi connectivity index (χ0v) is 17.6. The number of hydrogen-bond acceptors (Lipinski definition) is 3. The Balaban J connectivity index is 0.00000338. The van der Waals surface area contributed by atoms with Crippen LogP contribution in [0.4, 0.5) is 0 Å². The van der Waals surface area contributed by atoms with Gasteiger partial charge in [0, 0.05) is 31.7 Å². The number of hydrogen-bond donors (Lipinski definition) is 4. The Kier molecular flexibility index (Phi) is 10.0. The van der Waals surface area contributed by atoms with Gasteiger partial charge in [-0.1, -0.05) is 12.1 Å². The molecule has 1 aromatic rings. The summed E-state index contributed by atoms with van der Waals surface area (Å²) in [4.78, 5) is 27.7. The number of nitrogens with one attached hydrogen (secondary N) is 4. The summed E-state index contributed by atoms with van der Waals surface area (Å²) in [7, 11) is 1.62. The van der Waals surface area contributed by atoms with Crippen LogP contribution >= 0.6 is 24.0 Å². The monoisotopic (exact) mass is 473 g/mol. The molecule has 0 atom stereocenters. The smallest absolute Gasteiger partial charge is 0.251 e. The molecule has 8 heteroatoms. The van der Waals surface area contributed by atoms with Gasteiger partial charge in [-0.15, -0.1) is 24.0 Å². The fourth-order valence-electron chi connectivity index (χ4n) is 2.33. The van der Waals surface area contributed by atoms with Gasteiger partial charge in [-0.05, 0) is 43.9 Å². The number of rotatable bonds is 8. The second-order valence-corrected chi connectivity index (χ2v) is 5.99. The molecule has 0 heterocycles. The number of carbonyl (C=O) groups is 2. The van der Waals surface area contributed by atoms with Crippen LogP contribution in [0.5, 0.6) is 0 Å². The summed E-state index contributed by atoms with van der Waals surface area (Å²) >= 11 is 0. The van der Waals surface area contributed by atoms with Gasteiger partial charge in [-0.25, -0.2) is 4.99 Å². The molecule has 1 aliphatic rings. The second-order valence-electron chi connectivity index (χ2n) is 5.99. The highest BCUT2D eigenvalue weighted by molar-refractivity contribution is 14.0. The lowest BCUT2D eigenvalue weighted by molar-refractivity contribution is -0.119. The molecule has 1 fully saturated rings. The van der Waals surface area contributed by atoms with Crippen molar-refractivity contribution >= 4 is 41.8 Å². The number of carbonyl (C=O) groups excluding carboxylic acids is 2. The Morgan fingerprint density at radius 1 is 1.23 bits per heavy atom. The maximum absolute atomic E-state index is 11.7. The van der Waals surface area contributed by atoms with Gasteiger partial charge >= 0.3 is 0 Å². The molecular weight excluding hydrogens is 445 g/mol. The van der Waals surface area contributed by atoms with E-state index in [4.69, 9.17) is 0 Å². The van der Waals surface area contributed by atoms with Crippen LogP contribution in [-0.4, -0.2) is 50.5 Å². The van der Waals surface area contributed by atoms with E-state index in [1.807, 2.05) is 25.1 Å². The van der Waals surface area contributed by atoms with Crippen molar-refractivity contribution in [3.05, 3.63) is 35.4 Å².